The fraction of sp³-hybridized carbons (Fsp3) is 0.300. The van der Waals surface area contributed by atoms with Gasteiger partial charge in [0.15, 0.2) is 0 Å². The second-order valence-corrected chi connectivity index (χ2v) is 6.16. The first-order valence-electron chi connectivity index (χ1n) is 8.07. The molecule has 4 heteroatoms. The van der Waals surface area contributed by atoms with Crippen LogP contribution in [0, 0.1) is 17.1 Å². The van der Waals surface area contributed by atoms with Crippen LogP contribution in [-0.2, 0) is 21.6 Å². The van der Waals surface area contributed by atoms with Gasteiger partial charge in [-0.15, -0.1) is 0 Å². The molecule has 1 aliphatic carbocycles. The summed E-state index contributed by atoms with van der Waals surface area (Å²) >= 11 is 0. The summed E-state index contributed by atoms with van der Waals surface area (Å²) in [6, 6.07) is 15.5. The summed E-state index contributed by atoms with van der Waals surface area (Å²) in [6.07, 6.45) is 2.97. The van der Waals surface area contributed by atoms with E-state index in [0.717, 1.165) is 18.4 Å². The van der Waals surface area contributed by atoms with Gasteiger partial charge in [-0.2, -0.15) is 5.26 Å². The molecule has 0 unspecified atom stereocenters. The van der Waals surface area contributed by atoms with Crippen molar-refractivity contribution in [2.45, 2.75) is 37.7 Å². The molecule has 0 bridgehead atoms. The summed E-state index contributed by atoms with van der Waals surface area (Å²) in [5, 5.41) is 8.93. The van der Waals surface area contributed by atoms with Gasteiger partial charge >= 0.3 is 5.97 Å². The predicted octanol–water partition coefficient (Wildman–Crippen LogP) is 4.25. The van der Waals surface area contributed by atoms with E-state index in [1.807, 2.05) is 0 Å². The molecule has 0 amide bonds. The minimum Gasteiger partial charge on any atom is -0.460 e. The van der Waals surface area contributed by atoms with Crippen molar-refractivity contribution in [1.82, 2.24) is 0 Å². The van der Waals surface area contributed by atoms with Crippen LogP contribution in [0.3, 0.4) is 0 Å². The second-order valence-electron chi connectivity index (χ2n) is 6.16. The van der Waals surface area contributed by atoms with Gasteiger partial charge in [-0.1, -0.05) is 43.2 Å². The molecule has 1 aliphatic rings. The van der Waals surface area contributed by atoms with E-state index in [0.29, 0.717) is 24.0 Å². The van der Waals surface area contributed by atoms with Gasteiger partial charge in [0.05, 0.1) is 17.0 Å². The number of hydrogen-bond donors (Lipinski definition) is 0. The Morgan fingerprint density at radius 1 is 1.17 bits per heavy atom. The van der Waals surface area contributed by atoms with E-state index < -0.39 is 5.41 Å². The Hall–Kier alpha value is -2.67. The van der Waals surface area contributed by atoms with E-state index in [1.165, 1.54) is 6.07 Å². The number of ether oxygens (including phenoxy) is 1. The van der Waals surface area contributed by atoms with Crippen molar-refractivity contribution in [2.24, 2.45) is 0 Å². The number of benzene rings is 2. The predicted molar refractivity (Wildman–Crippen MR) is 87.5 cm³/mol. The van der Waals surface area contributed by atoms with Crippen molar-refractivity contribution in [2.75, 3.05) is 0 Å². The van der Waals surface area contributed by atoms with Crippen LogP contribution in [-0.4, -0.2) is 5.97 Å². The van der Waals surface area contributed by atoms with Crippen molar-refractivity contribution < 1.29 is 13.9 Å². The number of rotatable bonds is 4. The first-order chi connectivity index (χ1) is 11.7. The van der Waals surface area contributed by atoms with E-state index in [4.69, 9.17) is 10.00 Å². The highest BCUT2D eigenvalue weighted by Crippen LogP contribution is 2.43. The summed E-state index contributed by atoms with van der Waals surface area (Å²) in [5.74, 6) is -0.740. The largest absolute Gasteiger partial charge is 0.460 e. The number of hydrogen-bond acceptors (Lipinski definition) is 3. The van der Waals surface area contributed by atoms with Gasteiger partial charge in [-0.05, 0) is 36.6 Å². The number of esters is 1. The quantitative estimate of drug-likeness (QED) is 0.790. The smallest absolute Gasteiger partial charge is 0.317 e. The molecule has 3 nitrogen and oxygen atoms in total. The van der Waals surface area contributed by atoms with E-state index >= 15 is 0 Å². The third kappa shape index (κ3) is 3.03. The van der Waals surface area contributed by atoms with Crippen molar-refractivity contribution in [3.63, 3.8) is 0 Å². The van der Waals surface area contributed by atoms with Crippen LogP contribution >= 0.6 is 0 Å². The summed E-state index contributed by atoms with van der Waals surface area (Å²) in [7, 11) is 0. The molecule has 0 aliphatic heterocycles. The Bertz CT molecular complexity index is 788. The molecule has 0 spiro atoms. The van der Waals surface area contributed by atoms with Crippen LogP contribution in [0.25, 0.3) is 0 Å². The maximum absolute atomic E-state index is 14.3. The summed E-state index contributed by atoms with van der Waals surface area (Å²) in [6.45, 7) is 0.0879. The average molecular weight is 323 g/mol. The van der Waals surface area contributed by atoms with Crippen LogP contribution in [0.1, 0.15) is 42.4 Å². The van der Waals surface area contributed by atoms with Crippen molar-refractivity contribution in [3.05, 3.63) is 71.0 Å². The monoisotopic (exact) mass is 323 g/mol. The number of nitrogens with zero attached hydrogens (tertiary/aromatic N) is 1. The lowest BCUT2D eigenvalue weighted by molar-refractivity contribution is -0.152. The Balaban J connectivity index is 1.81. The summed E-state index contributed by atoms with van der Waals surface area (Å²) in [4.78, 5) is 12.8. The van der Waals surface area contributed by atoms with E-state index in [-0.39, 0.29) is 18.4 Å². The standard InChI is InChI=1S/C20H18FNO2/c21-18-9-2-1-8-17(18)20(10-3-4-11-20)19(23)24-14-16-7-5-6-15(12-16)13-22/h1-2,5-9,12H,3-4,10-11,14H2. The van der Waals surface area contributed by atoms with Gasteiger partial charge in [-0.3, -0.25) is 4.79 Å². The minimum absolute atomic E-state index is 0.0879. The number of nitriles is 1. The Morgan fingerprint density at radius 3 is 2.62 bits per heavy atom. The first kappa shape index (κ1) is 16.2. The Labute approximate surface area is 140 Å². The van der Waals surface area contributed by atoms with Gasteiger partial charge < -0.3 is 4.74 Å². The van der Waals surface area contributed by atoms with Crippen molar-refractivity contribution >= 4 is 5.97 Å². The first-order valence-corrected chi connectivity index (χ1v) is 8.07. The van der Waals surface area contributed by atoms with Crippen LogP contribution < -0.4 is 0 Å². The number of carbonyl (C=O) groups excluding carboxylic acids is 1. The molecular weight excluding hydrogens is 305 g/mol. The molecule has 0 atom stereocenters. The van der Waals surface area contributed by atoms with Crippen molar-refractivity contribution in [3.8, 4) is 6.07 Å². The van der Waals surface area contributed by atoms with Gasteiger partial charge in [0.2, 0.25) is 0 Å². The topological polar surface area (TPSA) is 50.1 Å². The fourth-order valence-corrected chi connectivity index (χ4v) is 3.43. The number of carbonyl (C=O) groups is 1. The van der Waals surface area contributed by atoms with Crippen LogP contribution in [0.15, 0.2) is 48.5 Å². The summed E-state index contributed by atoms with van der Waals surface area (Å²) < 4.78 is 19.8. The minimum atomic E-state index is -0.891. The molecule has 1 saturated carbocycles. The lowest BCUT2D eigenvalue weighted by Crippen LogP contribution is -2.35. The van der Waals surface area contributed by atoms with Crippen molar-refractivity contribution in [1.29, 1.82) is 5.26 Å². The van der Waals surface area contributed by atoms with Gasteiger partial charge in [-0.25, -0.2) is 4.39 Å². The normalized spacial score (nSPS) is 15.7. The van der Waals surface area contributed by atoms with Crippen LogP contribution in [0.4, 0.5) is 4.39 Å². The van der Waals surface area contributed by atoms with E-state index in [1.54, 1.807) is 42.5 Å². The Kier molecular flexibility index (Phi) is 4.61. The molecule has 0 heterocycles. The number of halogens is 1. The maximum Gasteiger partial charge on any atom is 0.317 e. The third-order valence-corrected chi connectivity index (χ3v) is 4.66. The zero-order valence-electron chi connectivity index (χ0n) is 13.3. The zero-order valence-corrected chi connectivity index (χ0v) is 13.3. The average Bonchev–Trinajstić information content (AvgIpc) is 3.11. The van der Waals surface area contributed by atoms with Crippen LogP contribution in [0.5, 0.6) is 0 Å². The zero-order chi connectivity index (χ0) is 17.0. The van der Waals surface area contributed by atoms with Gasteiger partial charge in [0.25, 0.3) is 0 Å². The Morgan fingerprint density at radius 2 is 1.92 bits per heavy atom. The molecule has 122 valence electrons. The summed E-state index contributed by atoms with van der Waals surface area (Å²) in [5.41, 5.74) is 0.814. The lowest BCUT2D eigenvalue weighted by Gasteiger charge is -2.27. The molecule has 24 heavy (non-hydrogen) atoms. The molecule has 0 saturated heterocycles. The SMILES string of the molecule is N#Cc1cccc(COC(=O)C2(c3ccccc3F)CCCC2)c1. The molecule has 3 rings (SSSR count). The van der Waals surface area contributed by atoms with Gasteiger partial charge in [0, 0.05) is 5.56 Å². The molecule has 0 aromatic heterocycles. The highest BCUT2D eigenvalue weighted by atomic mass is 19.1. The lowest BCUT2D eigenvalue weighted by atomic mass is 9.78. The van der Waals surface area contributed by atoms with Crippen LogP contribution in [0.2, 0.25) is 0 Å². The highest BCUT2D eigenvalue weighted by molar-refractivity contribution is 5.83. The highest BCUT2D eigenvalue weighted by Gasteiger charge is 2.45. The molecule has 2 aromatic carbocycles. The fourth-order valence-electron chi connectivity index (χ4n) is 3.43. The van der Waals surface area contributed by atoms with Gasteiger partial charge in [0.1, 0.15) is 12.4 Å². The van der Waals surface area contributed by atoms with E-state index in [9.17, 15) is 9.18 Å². The third-order valence-electron chi connectivity index (χ3n) is 4.66. The van der Waals surface area contributed by atoms with E-state index in [2.05, 4.69) is 6.07 Å². The molecule has 0 N–H and O–H groups in total. The molecule has 0 radical (unpaired) electrons. The maximum atomic E-state index is 14.3. The molecule has 1 fully saturated rings. The second kappa shape index (κ2) is 6.84. The molecule has 2 aromatic rings. The molecular formula is C20H18FNO2.